The molecule has 10 heteroatoms. The van der Waals surface area contributed by atoms with Gasteiger partial charge in [-0.05, 0) is 88.7 Å². The molecule has 0 N–H and O–H groups in total. The molecule has 190 valence electrons. The molecule has 4 rings (SSSR count). The summed E-state index contributed by atoms with van der Waals surface area (Å²) in [5.41, 5.74) is 1.11. The highest BCUT2D eigenvalue weighted by Crippen LogP contribution is 2.40. The molecular formula is C27H21BrFNO6S. The van der Waals surface area contributed by atoms with Crippen LogP contribution in [-0.2, 0) is 11.3 Å². The quantitative estimate of drug-likeness (QED) is 0.171. The molecule has 0 atom stereocenters. The summed E-state index contributed by atoms with van der Waals surface area (Å²) in [4.78, 5) is 39.3. The fourth-order valence-corrected chi connectivity index (χ4v) is 4.88. The molecule has 3 aromatic carbocycles. The standard InChI is InChI=1S/C27H21BrFNO6S/c1-3-35-22-13-16(12-20(28)24(22)36-26(32)17-8-10-19(34-2)11-9-17)14-23-25(31)30(27(33)37-23)15-18-6-4-5-7-21(18)29/h4-14H,3,15H2,1-2H3/b23-14-. The summed E-state index contributed by atoms with van der Waals surface area (Å²) >= 11 is 4.18. The second-order valence-electron chi connectivity index (χ2n) is 7.74. The molecule has 1 saturated heterocycles. The lowest BCUT2D eigenvalue weighted by atomic mass is 10.1. The molecule has 1 fully saturated rings. The van der Waals surface area contributed by atoms with E-state index in [0.717, 1.165) is 16.7 Å². The van der Waals surface area contributed by atoms with E-state index in [2.05, 4.69) is 15.9 Å². The molecule has 0 radical (unpaired) electrons. The topological polar surface area (TPSA) is 82.1 Å². The third-order valence-electron chi connectivity index (χ3n) is 5.31. The highest BCUT2D eigenvalue weighted by atomic mass is 79.9. The van der Waals surface area contributed by atoms with Crippen molar-refractivity contribution in [3.63, 3.8) is 0 Å². The molecule has 3 aromatic rings. The number of benzene rings is 3. The lowest BCUT2D eigenvalue weighted by molar-refractivity contribution is -0.123. The number of nitrogens with zero attached hydrogens (tertiary/aromatic N) is 1. The van der Waals surface area contributed by atoms with Gasteiger partial charge in [0.15, 0.2) is 11.5 Å². The van der Waals surface area contributed by atoms with E-state index >= 15 is 0 Å². The van der Waals surface area contributed by atoms with Crippen LogP contribution in [0.25, 0.3) is 6.08 Å². The second kappa shape index (κ2) is 11.6. The number of hydrogen-bond acceptors (Lipinski definition) is 7. The number of thioether (sulfide) groups is 1. The zero-order valence-electron chi connectivity index (χ0n) is 19.8. The van der Waals surface area contributed by atoms with Crippen LogP contribution in [0.1, 0.15) is 28.4 Å². The van der Waals surface area contributed by atoms with E-state index in [9.17, 15) is 18.8 Å². The Kier molecular flexibility index (Phi) is 8.30. The summed E-state index contributed by atoms with van der Waals surface area (Å²) < 4.78 is 30.9. The Morgan fingerprint density at radius 1 is 1.11 bits per heavy atom. The van der Waals surface area contributed by atoms with Gasteiger partial charge in [0.25, 0.3) is 11.1 Å². The number of rotatable bonds is 8. The Labute approximate surface area is 225 Å². The number of amides is 2. The van der Waals surface area contributed by atoms with E-state index in [-0.39, 0.29) is 28.5 Å². The van der Waals surface area contributed by atoms with Gasteiger partial charge in [-0.2, -0.15) is 0 Å². The summed E-state index contributed by atoms with van der Waals surface area (Å²) in [6.45, 7) is 1.91. The van der Waals surface area contributed by atoms with Crippen LogP contribution in [-0.4, -0.2) is 35.7 Å². The van der Waals surface area contributed by atoms with Gasteiger partial charge in [0, 0.05) is 5.56 Å². The first-order chi connectivity index (χ1) is 17.8. The third kappa shape index (κ3) is 6.03. The number of carbonyl (C=O) groups excluding carboxylic acids is 3. The lowest BCUT2D eigenvalue weighted by Crippen LogP contribution is -2.27. The fourth-order valence-electron chi connectivity index (χ4n) is 3.50. The van der Waals surface area contributed by atoms with E-state index in [1.54, 1.807) is 49.4 Å². The molecule has 7 nitrogen and oxygen atoms in total. The summed E-state index contributed by atoms with van der Waals surface area (Å²) in [5.74, 6) is -0.553. The minimum absolute atomic E-state index is 0.164. The maximum absolute atomic E-state index is 14.0. The number of methoxy groups -OCH3 is 1. The van der Waals surface area contributed by atoms with Gasteiger partial charge in [0.1, 0.15) is 11.6 Å². The highest BCUT2D eigenvalue weighted by Gasteiger charge is 2.35. The molecule has 37 heavy (non-hydrogen) atoms. The van der Waals surface area contributed by atoms with Crippen molar-refractivity contribution < 1.29 is 33.0 Å². The number of carbonyl (C=O) groups is 3. The zero-order chi connectivity index (χ0) is 26.5. The Hall–Kier alpha value is -3.63. The van der Waals surface area contributed by atoms with Gasteiger partial charge in [-0.15, -0.1) is 0 Å². The normalized spacial score (nSPS) is 14.3. The molecule has 0 aromatic heterocycles. The largest absolute Gasteiger partial charge is 0.497 e. The van der Waals surface area contributed by atoms with Crippen LogP contribution < -0.4 is 14.2 Å². The molecule has 0 unspecified atom stereocenters. The first-order valence-corrected chi connectivity index (χ1v) is 12.7. The van der Waals surface area contributed by atoms with E-state index in [0.29, 0.717) is 28.0 Å². The van der Waals surface area contributed by atoms with Crippen LogP contribution in [0.15, 0.2) is 70.0 Å². The van der Waals surface area contributed by atoms with Crippen LogP contribution in [0, 0.1) is 5.82 Å². The number of esters is 1. The van der Waals surface area contributed by atoms with Gasteiger partial charge in [-0.25, -0.2) is 9.18 Å². The summed E-state index contributed by atoms with van der Waals surface area (Å²) in [7, 11) is 1.53. The summed E-state index contributed by atoms with van der Waals surface area (Å²) in [5, 5.41) is -0.492. The number of hydrogen-bond donors (Lipinski definition) is 0. The third-order valence-corrected chi connectivity index (χ3v) is 6.81. The van der Waals surface area contributed by atoms with Crippen molar-refractivity contribution in [2.24, 2.45) is 0 Å². The molecule has 2 amide bonds. The zero-order valence-corrected chi connectivity index (χ0v) is 22.2. The van der Waals surface area contributed by atoms with Gasteiger partial charge in [0.05, 0.1) is 35.2 Å². The van der Waals surface area contributed by atoms with Crippen LogP contribution >= 0.6 is 27.7 Å². The number of ether oxygens (including phenoxy) is 3. The first-order valence-electron chi connectivity index (χ1n) is 11.1. The van der Waals surface area contributed by atoms with Gasteiger partial charge in [-0.1, -0.05) is 18.2 Å². The van der Waals surface area contributed by atoms with Crippen molar-refractivity contribution in [1.29, 1.82) is 0 Å². The first kappa shape index (κ1) is 26.4. The van der Waals surface area contributed by atoms with Crippen LogP contribution in [0.3, 0.4) is 0 Å². The van der Waals surface area contributed by atoms with Crippen molar-refractivity contribution in [1.82, 2.24) is 4.90 Å². The Bertz CT molecular complexity index is 1390. The highest BCUT2D eigenvalue weighted by molar-refractivity contribution is 9.10. The molecule has 0 saturated carbocycles. The van der Waals surface area contributed by atoms with Gasteiger partial charge < -0.3 is 14.2 Å². The lowest BCUT2D eigenvalue weighted by Gasteiger charge is -2.14. The van der Waals surface area contributed by atoms with Crippen molar-refractivity contribution in [2.75, 3.05) is 13.7 Å². The molecule has 0 aliphatic carbocycles. The average Bonchev–Trinajstić information content (AvgIpc) is 3.14. The SMILES string of the molecule is CCOc1cc(/C=C2\SC(=O)N(Cc3ccccc3F)C2=O)cc(Br)c1OC(=O)c1ccc(OC)cc1. The molecule has 0 spiro atoms. The maximum atomic E-state index is 14.0. The van der Waals surface area contributed by atoms with Crippen molar-refractivity contribution in [3.8, 4) is 17.2 Å². The van der Waals surface area contributed by atoms with Crippen LogP contribution in [0.2, 0.25) is 0 Å². The second-order valence-corrected chi connectivity index (χ2v) is 9.59. The van der Waals surface area contributed by atoms with E-state index in [4.69, 9.17) is 14.2 Å². The van der Waals surface area contributed by atoms with Crippen LogP contribution in [0.4, 0.5) is 9.18 Å². The Morgan fingerprint density at radius 3 is 2.51 bits per heavy atom. The van der Waals surface area contributed by atoms with Crippen molar-refractivity contribution in [2.45, 2.75) is 13.5 Å². The Morgan fingerprint density at radius 2 is 1.84 bits per heavy atom. The Balaban J connectivity index is 1.58. The predicted octanol–water partition coefficient (Wildman–Crippen LogP) is 6.45. The minimum atomic E-state index is -0.591. The van der Waals surface area contributed by atoms with Crippen LogP contribution in [0.5, 0.6) is 17.2 Å². The molecule has 1 heterocycles. The molecular weight excluding hydrogens is 565 g/mol. The molecule has 1 aliphatic heterocycles. The smallest absolute Gasteiger partial charge is 0.343 e. The van der Waals surface area contributed by atoms with Gasteiger partial charge in [-0.3, -0.25) is 14.5 Å². The minimum Gasteiger partial charge on any atom is -0.497 e. The summed E-state index contributed by atoms with van der Waals surface area (Å²) in [6.07, 6.45) is 1.54. The van der Waals surface area contributed by atoms with E-state index in [1.807, 2.05) is 0 Å². The summed E-state index contributed by atoms with van der Waals surface area (Å²) in [6, 6.07) is 15.7. The van der Waals surface area contributed by atoms with Gasteiger partial charge >= 0.3 is 5.97 Å². The number of imide groups is 1. The number of halogens is 2. The average molecular weight is 586 g/mol. The fraction of sp³-hybridized carbons (Fsp3) is 0.148. The predicted molar refractivity (Wildman–Crippen MR) is 141 cm³/mol. The van der Waals surface area contributed by atoms with E-state index in [1.165, 1.54) is 31.4 Å². The van der Waals surface area contributed by atoms with E-state index < -0.39 is 22.9 Å². The van der Waals surface area contributed by atoms with Gasteiger partial charge in [0.2, 0.25) is 0 Å². The van der Waals surface area contributed by atoms with Crippen molar-refractivity contribution in [3.05, 3.63) is 92.5 Å². The van der Waals surface area contributed by atoms with Crippen molar-refractivity contribution >= 4 is 50.9 Å². The molecule has 0 bridgehead atoms. The monoisotopic (exact) mass is 585 g/mol. The molecule has 1 aliphatic rings. The maximum Gasteiger partial charge on any atom is 0.343 e.